The second kappa shape index (κ2) is 10.2. The van der Waals surface area contributed by atoms with Crippen LogP contribution in [-0.2, 0) is 6.54 Å². The molecule has 1 aromatic heterocycles. The van der Waals surface area contributed by atoms with Gasteiger partial charge < -0.3 is 18.8 Å². The molecule has 0 atom stereocenters. The van der Waals surface area contributed by atoms with Gasteiger partial charge >= 0.3 is 0 Å². The number of nitrogens with zero attached hydrogens (tertiary/aromatic N) is 2. The number of hydrogen-bond donors (Lipinski definition) is 0. The highest BCUT2D eigenvalue weighted by Gasteiger charge is 2.19. The summed E-state index contributed by atoms with van der Waals surface area (Å²) in [5, 5.41) is 0. The first kappa shape index (κ1) is 22.4. The van der Waals surface area contributed by atoms with Crippen molar-refractivity contribution in [2.75, 3.05) is 19.8 Å². The summed E-state index contributed by atoms with van der Waals surface area (Å²) in [4.78, 5) is 18.1. The van der Waals surface area contributed by atoms with Crippen LogP contribution in [0.4, 0.5) is 0 Å². The van der Waals surface area contributed by atoms with Gasteiger partial charge in [0.25, 0.3) is 5.91 Å². The van der Waals surface area contributed by atoms with Crippen molar-refractivity contribution in [2.24, 2.45) is 4.99 Å². The molecule has 0 aliphatic carbocycles. The second-order valence-electron chi connectivity index (χ2n) is 6.61. The lowest BCUT2D eigenvalue weighted by molar-refractivity contribution is 0.0996. The van der Waals surface area contributed by atoms with E-state index in [0.29, 0.717) is 54.0 Å². The number of ether oxygens (including phenoxy) is 3. The maximum absolute atomic E-state index is 13.1. The lowest BCUT2D eigenvalue weighted by Crippen LogP contribution is -2.17. The largest absolute Gasteiger partial charge is 0.490 e. The molecule has 3 rings (SSSR count). The van der Waals surface area contributed by atoms with Crippen LogP contribution in [0.5, 0.6) is 17.2 Å². The fraction of sp³-hybridized carbons (Fsp3) is 0.333. The molecular weight excluding hydrogens is 412 g/mol. The number of thiazole rings is 1. The van der Waals surface area contributed by atoms with E-state index in [4.69, 9.17) is 20.6 Å². The van der Waals surface area contributed by atoms with Crippen molar-refractivity contribution < 1.29 is 19.0 Å². The number of hydrogen-bond acceptors (Lipinski definition) is 5. The van der Waals surface area contributed by atoms with Crippen LogP contribution in [0.2, 0.25) is 0 Å². The van der Waals surface area contributed by atoms with E-state index in [1.54, 1.807) is 12.1 Å². The highest BCUT2D eigenvalue weighted by atomic mass is 32.1. The van der Waals surface area contributed by atoms with Gasteiger partial charge in [0.1, 0.15) is 0 Å². The molecule has 1 amide bonds. The first-order valence-electron chi connectivity index (χ1n) is 10.2. The van der Waals surface area contributed by atoms with Gasteiger partial charge in [-0.3, -0.25) is 4.79 Å². The van der Waals surface area contributed by atoms with E-state index in [-0.39, 0.29) is 0 Å². The lowest BCUT2D eigenvalue weighted by atomic mass is 10.1. The van der Waals surface area contributed by atoms with E-state index in [1.165, 1.54) is 11.3 Å². The Kier molecular flexibility index (Phi) is 7.37. The van der Waals surface area contributed by atoms with Crippen LogP contribution in [0.3, 0.4) is 0 Å². The molecule has 0 aliphatic heterocycles. The molecule has 0 fully saturated rings. The monoisotopic (exact) mass is 438 g/mol. The predicted molar refractivity (Wildman–Crippen MR) is 123 cm³/mol. The summed E-state index contributed by atoms with van der Waals surface area (Å²) in [6.45, 7) is 9.28. The summed E-state index contributed by atoms with van der Waals surface area (Å²) < 4.78 is 20.1. The lowest BCUT2D eigenvalue weighted by Gasteiger charge is -2.16. The number of benzene rings is 2. The summed E-state index contributed by atoms with van der Waals surface area (Å²) in [5.74, 6) is 3.66. The summed E-state index contributed by atoms with van der Waals surface area (Å²) in [6, 6.07) is 9.29. The summed E-state index contributed by atoms with van der Waals surface area (Å²) in [6.07, 6.45) is 5.58. The maximum atomic E-state index is 13.1. The Morgan fingerprint density at radius 1 is 1.10 bits per heavy atom. The van der Waals surface area contributed by atoms with Gasteiger partial charge in [-0.25, -0.2) is 0 Å². The van der Waals surface area contributed by atoms with Gasteiger partial charge in [-0.15, -0.1) is 6.42 Å². The molecule has 0 bridgehead atoms. The average Bonchev–Trinajstić information content (AvgIpc) is 3.09. The number of aromatic nitrogens is 1. The van der Waals surface area contributed by atoms with Crippen molar-refractivity contribution in [1.29, 1.82) is 0 Å². The van der Waals surface area contributed by atoms with Crippen molar-refractivity contribution in [2.45, 2.75) is 34.2 Å². The molecule has 0 N–H and O–H groups in total. The average molecular weight is 439 g/mol. The Balaban J connectivity index is 2.15. The van der Waals surface area contributed by atoms with Gasteiger partial charge in [-0.2, -0.15) is 4.99 Å². The van der Waals surface area contributed by atoms with Crippen molar-refractivity contribution >= 4 is 27.5 Å². The number of rotatable bonds is 8. The van der Waals surface area contributed by atoms with Gasteiger partial charge in [0, 0.05) is 5.56 Å². The highest BCUT2D eigenvalue weighted by molar-refractivity contribution is 7.16. The number of para-hydroxylation sites is 1. The van der Waals surface area contributed by atoms with E-state index in [0.717, 1.165) is 15.8 Å². The number of amides is 1. The zero-order chi connectivity index (χ0) is 22.4. The molecule has 2 aromatic carbocycles. The molecule has 162 valence electrons. The summed E-state index contributed by atoms with van der Waals surface area (Å²) in [7, 11) is 0. The predicted octanol–water partition coefficient (Wildman–Crippen LogP) is 4.58. The number of aryl methyl sites for hydroxylation is 1. The Bertz CT molecular complexity index is 1170. The molecule has 0 saturated carbocycles. The number of terminal acetylenes is 1. The van der Waals surface area contributed by atoms with Gasteiger partial charge in [0.2, 0.25) is 5.75 Å². The second-order valence-corrected chi connectivity index (χ2v) is 7.62. The Morgan fingerprint density at radius 3 is 2.32 bits per heavy atom. The van der Waals surface area contributed by atoms with E-state index < -0.39 is 5.91 Å². The van der Waals surface area contributed by atoms with E-state index in [1.807, 2.05) is 50.5 Å². The number of carbonyl (C=O) groups is 1. The van der Waals surface area contributed by atoms with Crippen LogP contribution in [0, 0.1) is 19.3 Å². The van der Waals surface area contributed by atoms with Crippen LogP contribution in [0.15, 0.2) is 35.3 Å². The smallest absolute Gasteiger partial charge is 0.279 e. The molecule has 7 heteroatoms. The molecule has 0 saturated heterocycles. The molecule has 0 unspecified atom stereocenters. The zero-order valence-corrected chi connectivity index (χ0v) is 19.0. The third kappa shape index (κ3) is 4.75. The van der Waals surface area contributed by atoms with Gasteiger partial charge in [-0.05, 0) is 51.5 Å². The summed E-state index contributed by atoms with van der Waals surface area (Å²) >= 11 is 1.43. The molecular formula is C24H26N2O4S. The topological polar surface area (TPSA) is 62.1 Å². The molecule has 31 heavy (non-hydrogen) atoms. The van der Waals surface area contributed by atoms with Crippen LogP contribution < -0.4 is 19.0 Å². The Labute approximate surface area is 186 Å². The van der Waals surface area contributed by atoms with Crippen molar-refractivity contribution in [3.8, 4) is 29.6 Å². The Morgan fingerprint density at radius 2 is 1.74 bits per heavy atom. The first-order valence-corrected chi connectivity index (χ1v) is 11.0. The van der Waals surface area contributed by atoms with Crippen LogP contribution in [-0.4, -0.2) is 30.3 Å². The minimum Gasteiger partial charge on any atom is -0.490 e. The molecule has 1 heterocycles. The number of carbonyl (C=O) groups excluding carboxylic acids is 1. The third-order valence-corrected chi connectivity index (χ3v) is 5.55. The van der Waals surface area contributed by atoms with Gasteiger partial charge in [0.05, 0.1) is 36.6 Å². The van der Waals surface area contributed by atoms with E-state index in [9.17, 15) is 4.79 Å². The maximum Gasteiger partial charge on any atom is 0.279 e. The van der Waals surface area contributed by atoms with Gasteiger partial charge in [-0.1, -0.05) is 29.4 Å². The fourth-order valence-corrected chi connectivity index (χ4v) is 4.40. The normalized spacial score (nSPS) is 11.4. The van der Waals surface area contributed by atoms with E-state index in [2.05, 4.69) is 10.9 Å². The quantitative estimate of drug-likeness (QED) is 0.483. The third-order valence-electron chi connectivity index (χ3n) is 4.51. The molecule has 0 aliphatic rings. The van der Waals surface area contributed by atoms with Crippen molar-refractivity contribution in [3.05, 3.63) is 46.3 Å². The van der Waals surface area contributed by atoms with Crippen LogP contribution in [0.1, 0.15) is 36.7 Å². The Hall–Kier alpha value is -3.24. The summed E-state index contributed by atoms with van der Waals surface area (Å²) in [5.41, 5.74) is 2.43. The minimum atomic E-state index is -0.403. The fourth-order valence-electron chi connectivity index (χ4n) is 3.29. The first-order chi connectivity index (χ1) is 15.0. The van der Waals surface area contributed by atoms with Crippen molar-refractivity contribution in [1.82, 2.24) is 4.57 Å². The standard InChI is InChI=1S/C24H26N2O4S/c1-6-13-26-21-16(5)11-10-12-20(21)31-24(26)25-23(27)17-14-18(28-7-2)22(30-9-4)19(15-17)29-8-3/h1,10-12,14-15H,7-9,13H2,2-5H3. The van der Waals surface area contributed by atoms with Crippen LogP contribution in [0.25, 0.3) is 10.2 Å². The minimum absolute atomic E-state index is 0.328. The molecule has 3 aromatic rings. The number of fused-ring (bicyclic) bond motifs is 1. The zero-order valence-electron chi connectivity index (χ0n) is 18.2. The van der Waals surface area contributed by atoms with E-state index >= 15 is 0 Å². The SMILES string of the molecule is C#CCn1c(=NC(=O)c2cc(OCC)c(OCC)c(OCC)c2)sc2cccc(C)c21. The molecule has 6 nitrogen and oxygen atoms in total. The van der Waals surface area contributed by atoms with Gasteiger partial charge in [0.15, 0.2) is 16.3 Å². The molecule has 0 spiro atoms. The highest BCUT2D eigenvalue weighted by Crippen LogP contribution is 2.39. The molecule has 0 radical (unpaired) electrons. The van der Waals surface area contributed by atoms with Crippen molar-refractivity contribution in [3.63, 3.8) is 0 Å². The van der Waals surface area contributed by atoms with Crippen LogP contribution >= 0.6 is 11.3 Å².